The van der Waals surface area contributed by atoms with E-state index in [1.54, 1.807) is 12.3 Å². The molecule has 0 saturated heterocycles. The Kier molecular flexibility index (Phi) is 4.49. The monoisotopic (exact) mass is 345 g/mol. The maximum Gasteiger partial charge on any atom is 0.219 e. The molecule has 0 unspecified atom stereocenters. The molecule has 0 aliphatic rings. The normalized spacial score (nSPS) is 10.4. The van der Waals surface area contributed by atoms with Gasteiger partial charge >= 0.3 is 0 Å². The van der Waals surface area contributed by atoms with Gasteiger partial charge in [-0.15, -0.1) is 11.6 Å². The van der Waals surface area contributed by atoms with Crippen LogP contribution in [0.3, 0.4) is 0 Å². The lowest BCUT2D eigenvalue weighted by molar-refractivity contribution is 0.459. The smallest absolute Gasteiger partial charge is 0.219 e. The van der Waals surface area contributed by atoms with Gasteiger partial charge in [0.05, 0.1) is 5.02 Å². The van der Waals surface area contributed by atoms with Crippen LogP contribution in [0, 0.1) is 6.92 Å². The zero-order valence-corrected chi connectivity index (χ0v) is 12.7. The van der Waals surface area contributed by atoms with E-state index in [9.17, 15) is 0 Å². The minimum absolute atomic E-state index is 0.330. The van der Waals surface area contributed by atoms with Gasteiger partial charge in [0.15, 0.2) is 0 Å². The molecular weight excluding hydrogens is 337 g/mol. The van der Waals surface area contributed by atoms with Gasteiger partial charge in [-0.1, -0.05) is 27.5 Å². The number of hydrogen-bond acceptors (Lipinski definition) is 2. The first-order valence-electron chi connectivity index (χ1n) is 5.24. The largest absolute Gasteiger partial charge is 0.439 e. The van der Waals surface area contributed by atoms with E-state index >= 15 is 0 Å². The first kappa shape index (κ1) is 13.7. The number of benzene rings is 1. The molecule has 0 radical (unpaired) electrons. The SMILES string of the molecule is Cc1cc(Br)ccc1Oc1cc(CCl)c(Cl)cn1. The molecule has 0 spiro atoms. The molecule has 1 aromatic heterocycles. The van der Waals surface area contributed by atoms with Gasteiger partial charge < -0.3 is 4.74 Å². The predicted octanol–water partition coefficient (Wildman–Crippen LogP) is 5.34. The summed E-state index contributed by atoms with van der Waals surface area (Å²) in [6.07, 6.45) is 1.54. The van der Waals surface area contributed by atoms with Crippen molar-refractivity contribution in [2.24, 2.45) is 0 Å². The summed E-state index contributed by atoms with van der Waals surface area (Å²) < 4.78 is 6.72. The average Bonchev–Trinajstić information content (AvgIpc) is 2.35. The van der Waals surface area contributed by atoms with Crippen molar-refractivity contribution in [2.75, 3.05) is 0 Å². The Labute approximate surface area is 124 Å². The zero-order chi connectivity index (χ0) is 13.1. The summed E-state index contributed by atoms with van der Waals surface area (Å²) in [5.41, 5.74) is 1.83. The van der Waals surface area contributed by atoms with Gasteiger partial charge in [0.25, 0.3) is 0 Å². The van der Waals surface area contributed by atoms with Crippen LogP contribution in [-0.4, -0.2) is 4.98 Å². The zero-order valence-electron chi connectivity index (χ0n) is 9.58. The van der Waals surface area contributed by atoms with Gasteiger partial charge in [-0.2, -0.15) is 0 Å². The van der Waals surface area contributed by atoms with Crippen LogP contribution in [0.5, 0.6) is 11.6 Å². The Morgan fingerprint density at radius 2 is 2.11 bits per heavy atom. The average molecular weight is 347 g/mol. The van der Waals surface area contributed by atoms with Gasteiger partial charge in [0.2, 0.25) is 5.88 Å². The highest BCUT2D eigenvalue weighted by Crippen LogP contribution is 2.28. The standard InChI is InChI=1S/C13H10BrCl2NO/c1-8-4-10(14)2-3-12(8)18-13-5-9(6-15)11(16)7-17-13/h2-5,7H,6H2,1H3. The van der Waals surface area contributed by atoms with Crippen LogP contribution >= 0.6 is 39.1 Å². The van der Waals surface area contributed by atoms with E-state index in [0.29, 0.717) is 16.8 Å². The van der Waals surface area contributed by atoms with Crippen molar-refractivity contribution in [2.45, 2.75) is 12.8 Å². The van der Waals surface area contributed by atoms with Crippen molar-refractivity contribution in [3.8, 4) is 11.6 Å². The Hall–Kier alpha value is -0.770. The second kappa shape index (κ2) is 5.91. The van der Waals surface area contributed by atoms with Crippen molar-refractivity contribution >= 4 is 39.1 Å². The molecule has 0 atom stereocenters. The van der Waals surface area contributed by atoms with Crippen molar-refractivity contribution < 1.29 is 4.74 Å². The second-order valence-electron chi connectivity index (χ2n) is 3.76. The lowest BCUT2D eigenvalue weighted by Gasteiger charge is -2.09. The molecule has 5 heteroatoms. The third kappa shape index (κ3) is 3.16. The Balaban J connectivity index is 2.28. The Morgan fingerprint density at radius 3 is 2.78 bits per heavy atom. The molecule has 0 N–H and O–H groups in total. The maximum atomic E-state index is 5.94. The van der Waals surface area contributed by atoms with E-state index in [0.717, 1.165) is 21.3 Å². The lowest BCUT2D eigenvalue weighted by Crippen LogP contribution is -1.92. The Morgan fingerprint density at radius 1 is 1.33 bits per heavy atom. The molecule has 0 amide bonds. The summed E-state index contributed by atoms with van der Waals surface area (Å²) in [4.78, 5) is 4.12. The van der Waals surface area contributed by atoms with E-state index in [2.05, 4.69) is 20.9 Å². The summed E-state index contributed by atoms with van der Waals surface area (Å²) in [6.45, 7) is 1.97. The number of nitrogens with zero attached hydrogens (tertiary/aromatic N) is 1. The van der Waals surface area contributed by atoms with Gasteiger partial charge in [-0.3, -0.25) is 0 Å². The van der Waals surface area contributed by atoms with E-state index in [1.165, 1.54) is 0 Å². The molecule has 2 rings (SSSR count). The first-order valence-corrected chi connectivity index (χ1v) is 6.95. The molecule has 0 saturated carbocycles. The minimum atomic E-state index is 0.330. The molecule has 2 aromatic rings. The minimum Gasteiger partial charge on any atom is -0.439 e. The van der Waals surface area contributed by atoms with Gasteiger partial charge in [-0.25, -0.2) is 4.98 Å². The number of halogens is 3. The van der Waals surface area contributed by atoms with Crippen LogP contribution in [0.2, 0.25) is 5.02 Å². The fraction of sp³-hybridized carbons (Fsp3) is 0.154. The van der Waals surface area contributed by atoms with Crippen molar-refractivity contribution in [1.82, 2.24) is 4.98 Å². The van der Waals surface area contributed by atoms with E-state index in [4.69, 9.17) is 27.9 Å². The van der Waals surface area contributed by atoms with E-state index < -0.39 is 0 Å². The van der Waals surface area contributed by atoms with E-state index in [1.807, 2.05) is 25.1 Å². The lowest BCUT2D eigenvalue weighted by atomic mass is 10.2. The molecule has 0 aliphatic heterocycles. The number of aromatic nitrogens is 1. The number of aryl methyl sites for hydroxylation is 1. The number of alkyl halides is 1. The molecule has 1 aromatic carbocycles. The van der Waals surface area contributed by atoms with Crippen molar-refractivity contribution in [1.29, 1.82) is 0 Å². The number of pyridine rings is 1. The van der Waals surface area contributed by atoms with E-state index in [-0.39, 0.29) is 0 Å². The number of hydrogen-bond donors (Lipinski definition) is 0. The number of rotatable bonds is 3. The van der Waals surface area contributed by atoms with Crippen molar-refractivity contribution in [3.63, 3.8) is 0 Å². The third-order valence-corrected chi connectivity index (χ3v) is 3.53. The fourth-order valence-corrected chi connectivity index (χ4v) is 2.39. The van der Waals surface area contributed by atoms with Gasteiger partial charge in [-0.05, 0) is 36.2 Å². The summed E-state index contributed by atoms with van der Waals surface area (Å²) in [7, 11) is 0. The summed E-state index contributed by atoms with van der Waals surface area (Å²) in [6, 6.07) is 7.53. The van der Waals surface area contributed by atoms with Gasteiger partial charge in [0.1, 0.15) is 5.75 Å². The quantitative estimate of drug-likeness (QED) is 0.700. The molecule has 0 aliphatic carbocycles. The highest BCUT2D eigenvalue weighted by atomic mass is 79.9. The van der Waals surface area contributed by atoms with Crippen LogP contribution < -0.4 is 4.74 Å². The molecular formula is C13H10BrCl2NO. The highest BCUT2D eigenvalue weighted by Gasteiger charge is 2.06. The third-order valence-electron chi connectivity index (χ3n) is 2.41. The first-order chi connectivity index (χ1) is 8.60. The summed E-state index contributed by atoms with van der Waals surface area (Å²) in [5.74, 6) is 1.57. The molecule has 94 valence electrons. The van der Waals surface area contributed by atoms with Crippen LogP contribution in [0.25, 0.3) is 0 Å². The van der Waals surface area contributed by atoms with Crippen LogP contribution in [0.1, 0.15) is 11.1 Å². The topological polar surface area (TPSA) is 22.1 Å². The van der Waals surface area contributed by atoms with Crippen LogP contribution in [-0.2, 0) is 5.88 Å². The Bertz CT molecular complexity index is 575. The highest BCUT2D eigenvalue weighted by molar-refractivity contribution is 9.10. The molecule has 2 nitrogen and oxygen atoms in total. The number of ether oxygens (including phenoxy) is 1. The van der Waals surface area contributed by atoms with Gasteiger partial charge in [0, 0.05) is 22.6 Å². The molecule has 18 heavy (non-hydrogen) atoms. The maximum absolute atomic E-state index is 5.94. The molecule has 1 heterocycles. The molecule has 0 bridgehead atoms. The summed E-state index contributed by atoms with van der Waals surface area (Å²) >= 11 is 15.1. The summed E-state index contributed by atoms with van der Waals surface area (Å²) in [5, 5.41) is 0.546. The van der Waals surface area contributed by atoms with Crippen LogP contribution in [0.4, 0.5) is 0 Å². The molecule has 0 fully saturated rings. The fourth-order valence-electron chi connectivity index (χ4n) is 1.46. The van der Waals surface area contributed by atoms with Crippen LogP contribution in [0.15, 0.2) is 34.9 Å². The predicted molar refractivity (Wildman–Crippen MR) is 77.8 cm³/mol. The second-order valence-corrected chi connectivity index (χ2v) is 5.35. The van der Waals surface area contributed by atoms with Crippen molar-refractivity contribution in [3.05, 3.63) is 51.1 Å².